The summed E-state index contributed by atoms with van der Waals surface area (Å²) in [7, 11) is 1.57. The molecule has 19 heavy (non-hydrogen) atoms. The zero-order valence-corrected chi connectivity index (χ0v) is 11.3. The van der Waals surface area contributed by atoms with Gasteiger partial charge in [0, 0.05) is 6.07 Å². The number of ether oxygens (including phenoxy) is 1. The summed E-state index contributed by atoms with van der Waals surface area (Å²) in [6.45, 7) is 2.16. The van der Waals surface area contributed by atoms with Gasteiger partial charge in [0.05, 0.1) is 12.8 Å². The first-order chi connectivity index (χ1) is 9.24. The molecule has 1 atom stereocenters. The van der Waals surface area contributed by atoms with Gasteiger partial charge in [-0.15, -0.1) is 0 Å². The third-order valence-electron chi connectivity index (χ3n) is 3.07. The van der Waals surface area contributed by atoms with Crippen LogP contribution in [0.2, 0.25) is 0 Å². The Morgan fingerprint density at radius 3 is 2.53 bits per heavy atom. The number of aliphatic hydroxyl groups excluding tert-OH is 1. The molecule has 1 N–H and O–H groups in total. The highest BCUT2D eigenvalue weighted by atomic mass is 16.5. The van der Waals surface area contributed by atoms with Crippen LogP contribution in [0.15, 0.2) is 42.5 Å². The van der Waals surface area contributed by atoms with E-state index in [9.17, 15) is 5.11 Å². The summed E-state index contributed by atoms with van der Waals surface area (Å²) in [5.41, 5.74) is 2.74. The lowest BCUT2D eigenvalue weighted by molar-refractivity contribution is 0.213. The van der Waals surface area contributed by atoms with Crippen LogP contribution in [0.4, 0.5) is 0 Å². The van der Waals surface area contributed by atoms with E-state index in [4.69, 9.17) is 4.74 Å². The number of methoxy groups -OCH3 is 1. The van der Waals surface area contributed by atoms with Gasteiger partial charge in [0.15, 0.2) is 0 Å². The Kier molecular flexibility index (Phi) is 4.53. The zero-order chi connectivity index (χ0) is 13.7. The van der Waals surface area contributed by atoms with E-state index in [1.165, 1.54) is 5.56 Å². The predicted molar refractivity (Wildman–Crippen MR) is 75.3 cm³/mol. The first kappa shape index (κ1) is 13.6. The van der Waals surface area contributed by atoms with Crippen LogP contribution in [-0.2, 0) is 6.42 Å². The SMILES string of the molecule is CCCc1ccc(C(O)c2cccc(OC)n2)cc1. The Labute approximate surface area is 113 Å². The molecule has 0 spiro atoms. The first-order valence-electron chi connectivity index (χ1n) is 6.52. The van der Waals surface area contributed by atoms with Gasteiger partial charge in [-0.2, -0.15) is 0 Å². The van der Waals surface area contributed by atoms with Crippen molar-refractivity contribution in [1.29, 1.82) is 0 Å². The van der Waals surface area contributed by atoms with E-state index in [1.54, 1.807) is 19.2 Å². The van der Waals surface area contributed by atoms with E-state index in [0.29, 0.717) is 11.6 Å². The van der Waals surface area contributed by atoms with Crippen LogP contribution in [0.1, 0.15) is 36.3 Å². The van der Waals surface area contributed by atoms with Crippen LogP contribution in [0, 0.1) is 0 Å². The van der Waals surface area contributed by atoms with E-state index < -0.39 is 6.10 Å². The maximum atomic E-state index is 10.3. The number of pyridine rings is 1. The Bertz CT molecular complexity index is 523. The summed E-state index contributed by atoms with van der Waals surface area (Å²) in [5, 5.41) is 10.3. The molecule has 0 bridgehead atoms. The number of benzene rings is 1. The molecule has 0 aliphatic rings. The zero-order valence-electron chi connectivity index (χ0n) is 11.3. The second-order valence-corrected chi connectivity index (χ2v) is 4.50. The monoisotopic (exact) mass is 257 g/mol. The minimum Gasteiger partial charge on any atom is -0.481 e. The number of aliphatic hydroxyl groups is 1. The fourth-order valence-corrected chi connectivity index (χ4v) is 2.02. The highest BCUT2D eigenvalue weighted by Crippen LogP contribution is 2.22. The average Bonchev–Trinajstić information content (AvgIpc) is 2.48. The van der Waals surface area contributed by atoms with Crippen LogP contribution in [0.5, 0.6) is 5.88 Å². The number of hydrogen-bond acceptors (Lipinski definition) is 3. The minimum atomic E-state index is -0.717. The summed E-state index contributed by atoms with van der Waals surface area (Å²) in [5.74, 6) is 0.513. The summed E-state index contributed by atoms with van der Waals surface area (Å²) in [6, 6.07) is 13.4. The third kappa shape index (κ3) is 3.32. The Balaban J connectivity index is 2.20. The summed E-state index contributed by atoms with van der Waals surface area (Å²) < 4.78 is 5.07. The van der Waals surface area contributed by atoms with Crippen molar-refractivity contribution < 1.29 is 9.84 Å². The Morgan fingerprint density at radius 2 is 1.89 bits per heavy atom. The molecule has 1 aromatic heterocycles. The van der Waals surface area contributed by atoms with Crippen molar-refractivity contribution in [3.8, 4) is 5.88 Å². The van der Waals surface area contributed by atoms with Gasteiger partial charge >= 0.3 is 0 Å². The third-order valence-corrected chi connectivity index (χ3v) is 3.07. The van der Waals surface area contributed by atoms with Crippen LogP contribution >= 0.6 is 0 Å². The lowest BCUT2D eigenvalue weighted by Crippen LogP contribution is -2.03. The number of nitrogens with zero attached hydrogens (tertiary/aromatic N) is 1. The molecule has 1 unspecified atom stereocenters. The largest absolute Gasteiger partial charge is 0.481 e. The van der Waals surface area contributed by atoms with E-state index in [0.717, 1.165) is 18.4 Å². The molecule has 0 radical (unpaired) electrons. The highest BCUT2D eigenvalue weighted by molar-refractivity contribution is 5.30. The molecule has 2 aromatic rings. The molecule has 100 valence electrons. The average molecular weight is 257 g/mol. The maximum Gasteiger partial charge on any atom is 0.213 e. The highest BCUT2D eigenvalue weighted by Gasteiger charge is 2.12. The second kappa shape index (κ2) is 6.34. The van der Waals surface area contributed by atoms with Crippen molar-refractivity contribution in [2.75, 3.05) is 7.11 Å². The summed E-state index contributed by atoms with van der Waals surface area (Å²) in [4.78, 5) is 4.25. The molecule has 3 heteroatoms. The quantitative estimate of drug-likeness (QED) is 0.894. The fourth-order valence-electron chi connectivity index (χ4n) is 2.02. The molecule has 1 heterocycles. The lowest BCUT2D eigenvalue weighted by Gasteiger charge is -2.12. The molecule has 0 amide bonds. The van der Waals surface area contributed by atoms with Gasteiger partial charge in [0.1, 0.15) is 6.10 Å². The molecular weight excluding hydrogens is 238 g/mol. The van der Waals surface area contributed by atoms with Gasteiger partial charge in [-0.3, -0.25) is 0 Å². The summed E-state index contributed by atoms with van der Waals surface area (Å²) in [6.07, 6.45) is 1.47. The Hall–Kier alpha value is -1.87. The van der Waals surface area contributed by atoms with Crippen molar-refractivity contribution in [3.63, 3.8) is 0 Å². The minimum absolute atomic E-state index is 0.513. The molecule has 3 nitrogen and oxygen atoms in total. The van der Waals surface area contributed by atoms with Gasteiger partial charge < -0.3 is 9.84 Å². The second-order valence-electron chi connectivity index (χ2n) is 4.50. The van der Waals surface area contributed by atoms with Crippen molar-refractivity contribution in [3.05, 3.63) is 59.3 Å². The lowest BCUT2D eigenvalue weighted by atomic mass is 10.0. The van der Waals surface area contributed by atoms with E-state index >= 15 is 0 Å². The maximum absolute atomic E-state index is 10.3. The van der Waals surface area contributed by atoms with Gasteiger partial charge in [-0.1, -0.05) is 43.7 Å². The van der Waals surface area contributed by atoms with Crippen LogP contribution in [0.25, 0.3) is 0 Å². The molecule has 0 saturated heterocycles. The standard InChI is InChI=1S/C16H19NO2/c1-3-5-12-8-10-13(11-9-12)16(18)14-6-4-7-15(17-14)19-2/h4,6-11,16,18H,3,5H2,1-2H3. The molecule has 2 rings (SSSR count). The van der Waals surface area contributed by atoms with Crippen molar-refractivity contribution >= 4 is 0 Å². The predicted octanol–water partition coefficient (Wildman–Crippen LogP) is 3.12. The van der Waals surface area contributed by atoms with E-state index in [-0.39, 0.29) is 0 Å². The van der Waals surface area contributed by atoms with Crippen molar-refractivity contribution in [2.45, 2.75) is 25.9 Å². The van der Waals surface area contributed by atoms with Crippen molar-refractivity contribution in [2.24, 2.45) is 0 Å². The van der Waals surface area contributed by atoms with E-state index in [2.05, 4.69) is 24.0 Å². The van der Waals surface area contributed by atoms with Crippen molar-refractivity contribution in [1.82, 2.24) is 4.98 Å². The molecule has 1 aromatic carbocycles. The number of hydrogen-bond donors (Lipinski definition) is 1. The molecule has 0 aliphatic carbocycles. The van der Waals surface area contributed by atoms with Gasteiger partial charge in [0.2, 0.25) is 5.88 Å². The first-order valence-corrected chi connectivity index (χ1v) is 6.52. The molecular formula is C16H19NO2. The summed E-state index contributed by atoms with van der Waals surface area (Å²) >= 11 is 0. The smallest absolute Gasteiger partial charge is 0.213 e. The molecule has 0 aliphatic heterocycles. The molecule has 0 saturated carbocycles. The number of aromatic nitrogens is 1. The fraction of sp³-hybridized carbons (Fsp3) is 0.312. The molecule has 0 fully saturated rings. The number of aryl methyl sites for hydroxylation is 1. The van der Waals surface area contributed by atoms with Crippen LogP contribution in [-0.4, -0.2) is 17.2 Å². The van der Waals surface area contributed by atoms with Gasteiger partial charge in [-0.25, -0.2) is 4.98 Å². The number of rotatable bonds is 5. The van der Waals surface area contributed by atoms with E-state index in [1.807, 2.05) is 18.2 Å². The van der Waals surface area contributed by atoms with Gasteiger partial charge in [0.25, 0.3) is 0 Å². The van der Waals surface area contributed by atoms with Crippen LogP contribution in [0.3, 0.4) is 0 Å². The van der Waals surface area contributed by atoms with Crippen LogP contribution < -0.4 is 4.74 Å². The topological polar surface area (TPSA) is 42.4 Å². The Morgan fingerprint density at radius 1 is 1.16 bits per heavy atom. The van der Waals surface area contributed by atoms with Gasteiger partial charge in [-0.05, 0) is 23.6 Å². The normalized spacial score (nSPS) is 12.2.